The molecule has 1 aromatic carbocycles. The van der Waals surface area contributed by atoms with Crippen LogP contribution >= 0.6 is 0 Å². The number of carbonyl (C=O) groups is 2. The number of nitrogens with zero attached hydrogens (tertiary/aromatic N) is 2. The monoisotopic (exact) mass is 394 g/mol. The van der Waals surface area contributed by atoms with Crippen molar-refractivity contribution in [3.05, 3.63) is 35.9 Å². The average molecular weight is 394 g/mol. The van der Waals surface area contributed by atoms with Crippen LogP contribution in [-0.4, -0.2) is 39.2 Å². The Balaban J connectivity index is 2.17. The van der Waals surface area contributed by atoms with E-state index in [1.54, 1.807) is 4.90 Å². The van der Waals surface area contributed by atoms with Gasteiger partial charge in [-0.15, -0.1) is 0 Å². The molecule has 0 N–H and O–H groups in total. The van der Waals surface area contributed by atoms with Crippen molar-refractivity contribution in [2.24, 2.45) is 11.3 Å². The molecule has 1 aliphatic heterocycles. The molecule has 1 aliphatic rings. The molecule has 26 heavy (non-hydrogen) atoms. The van der Waals surface area contributed by atoms with Gasteiger partial charge in [0.25, 0.3) is 0 Å². The van der Waals surface area contributed by atoms with Crippen molar-refractivity contribution in [2.75, 3.05) is 7.05 Å². The molecule has 1 heterocycles. The van der Waals surface area contributed by atoms with E-state index in [1.165, 1.54) is 0 Å². The molecule has 0 unspecified atom stereocenters. The number of rotatable bonds is 6. The van der Waals surface area contributed by atoms with E-state index >= 15 is 0 Å². The molecular formula is C21H30CrN2O2. The van der Waals surface area contributed by atoms with Gasteiger partial charge in [0.15, 0.2) is 0 Å². The van der Waals surface area contributed by atoms with E-state index in [9.17, 15) is 9.59 Å². The molecule has 0 saturated carbocycles. The molecular weight excluding hydrogens is 364 g/mol. The summed E-state index contributed by atoms with van der Waals surface area (Å²) in [5.74, 6) is 0.444. The fourth-order valence-corrected chi connectivity index (χ4v) is 4.07. The summed E-state index contributed by atoms with van der Waals surface area (Å²) in [6.07, 6.45) is 1.22. The van der Waals surface area contributed by atoms with Gasteiger partial charge in [-0.3, -0.25) is 0 Å². The summed E-state index contributed by atoms with van der Waals surface area (Å²) in [5.41, 5.74) is 0.806. The summed E-state index contributed by atoms with van der Waals surface area (Å²) >= 11 is 3.12. The third kappa shape index (κ3) is 4.45. The topological polar surface area (TPSA) is 40.6 Å². The molecule has 2 amide bonds. The molecule has 1 aromatic rings. The Bertz CT molecular complexity index is 681. The second-order valence-corrected chi connectivity index (χ2v) is 9.18. The van der Waals surface area contributed by atoms with E-state index < -0.39 is 0 Å². The van der Waals surface area contributed by atoms with Crippen molar-refractivity contribution in [3.63, 3.8) is 0 Å². The summed E-state index contributed by atoms with van der Waals surface area (Å²) in [6.45, 7) is 10.0. The van der Waals surface area contributed by atoms with Gasteiger partial charge >= 0.3 is 165 Å². The van der Waals surface area contributed by atoms with Crippen LogP contribution in [0.4, 0.5) is 4.79 Å². The normalized spacial score (nSPS) is 21.8. The molecule has 0 bridgehead atoms. The molecule has 1 fully saturated rings. The fourth-order valence-electron chi connectivity index (χ4n) is 3.32. The maximum absolute atomic E-state index is 12.8. The van der Waals surface area contributed by atoms with Crippen LogP contribution in [0.5, 0.6) is 0 Å². The predicted octanol–water partition coefficient (Wildman–Crippen LogP) is 4.19. The Morgan fingerprint density at radius 2 is 1.77 bits per heavy atom. The Morgan fingerprint density at radius 1 is 1.19 bits per heavy atom. The summed E-state index contributed by atoms with van der Waals surface area (Å²) in [7, 11) is 1.85. The van der Waals surface area contributed by atoms with Gasteiger partial charge in [0, 0.05) is 0 Å². The van der Waals surface area contributed by atoms with E-state index in [0.29, 0.717) is 12.8 Å². The van der Waals surface area contributed by atoms with Crippen molar-refractivity contribution in [1.29, 1.82) is 0 Å². The van der Waals surface area contributed by atoms with E-state index in [1.807, 2.05) is 50.9 Å². The number of carbonyl (C=O) groups excluding carboxylic acids is 2. The molecule has 3 atom stereocenters. The Kier molecular flexibility index (Phi) is 6.47. The Labute approximate surface area is 165 Å². The van der Waals surface area contributed by atoms with Crippen molar-refractivity contribution in [2.45, 2.75) is 59.5 Å². The summed E-state index contributed by atoms with van der Waals surface area (Å²) < 4.78 is 0.911. The van der Waals surface area contributed by atoms with Crippen molar-refractivity contribution in [3.8, 4) is 0 Å². The number of ketones is 1. The number of benzene rings is 1. The zero-order chi connectivity index (χ0) is 19.6. The zero-order valence-corrected chi connectivity index (χ0v) is 17.9. The van der Waals surface area contributed by atoms with Gasteiger partial charge in [-0.2, -0.15) is 0 Å². The number of hydrogen-bond donors (Lipinski definition) is 0. The van der Waals surface area contributed by atoms with Crippen LogP contribution in [-0.2, 0) is 20.6 Å². The van der Waals surface area contributed by atoms with Gasteiger partial charge in [-0.05, 0) is 0 Å². The molecule has 0 aliphatic carbocycles. The SMILES string of the molecule is C[C@@H](CC(=O)C(C)(C)C)C[C](=[Cr])N1C(=O)N(C)[C@@H](C)[C@H]1c1ccccc1. The second-order valence-electron chi connectivity index (χ2n) is 8.44. The van der Waals surface area contributed by atoms with Crippen molar-refractivity contribution in [1.82, 2.24) is 9.80 Å². The third-order valence-corrected chi connectivity index (χ3v) is 5.72. The molecule has 0 spiro atoms. The van der Waals surface area contributed by atoms with Crippen LogP contribution in [0.15, 0.2) is 30.3 Å². The standard InChI is InChI=1S/C21H30N2O2.Cr/c1-15(14-18(24)21(3,4)5)12-13-23-19(16(2)22(6)20(23)25)17-10-8-7-9-11-17;/h7-11,15-16,19H,12,14H2,1-6H3;/t15-,16+,19+;/m1./s1. The molecule has 2 rings (SSSR count). The van der Waals surface area contributed by atoms with Gasteiger partial charge in [0.1, 0.15) is 0 Å². The number of likely N-dealkylation sites (N-methyl/N-ethyl adjacent to an activating group) is 1. The first kappa shape index (κ1) is 20.9. The second kappa shape index (κ2) is 8.07. The number of urea groups is 1. The van der Waals surface area contributed by atoms with E-state index in [2.05, 4.69) is 41.8 Å². The third-order valence-electron chi connectivity index (χ3n) is 5.16. The molecule has 1 saturated heterocycles. The number of Topliss-reactive ketones (excluding diaryl/α,β-unsaturated/α-hetero) is 1. The van der Waals surface area contributed by atoms with Gasteiger partial charge in [-0.25, -0.2) is 0 Å². The minimum atomic E-state index is -0.323. The molecule has 142 valence electrons. The first-order valence-electron chi connectivity index (χ1n) is 9.21. The summed E-state index contributed by atoms with van der Waals surface area (Å²) in [5, 5.41) is 0. The van der Waals surface area contributed by atoms with Crippen LogP contribution < -0.4 is 0 Å². The molecule has 0 radical (unpaired) electrons. The molecule has 5 heteroatoms. The van der Waals surface area contributed by atoms with Gasteiger partial charge in [-0.1, -0.05) is 0 Å². The van der Waals surface area contributed by atoms with Gasteiger partial charge in [0.2, 0.25) is 0 Å². The first-order chi connectivity index (χ1) is 12.0. The summed E-state index contributed by atoms with van der Waals surface area (Å²) in [6, 6.07) is 10.2. The Hall–Kier alpha value is -1.44. The quantitative estimate of drug-likeness (QED) is 0.726. The number of hydrogen-bond acceptors (Lipinski definition) is 2. The van der Waals surface area contributed by atoms with Crippen LogP contribution in [0.25, 0.3) is 0 Å². The van der Waals surface area contributed by atoms with Crippen molar-refractivity contribution < 1.29 is 25.4 Å². The van der Waals surface area contributed by atoms with Crippen LogP contribution in [0.1, 0.15) is 59.1 Å². The van der Waals surface area contributed by atoms with Crippen molar-refractivity contribution >= 4 is 16.3 Å². The fraction of sp³-hybridized carbons (Fsp3) is 0.571. The average Bonchev–Trinajstić information content (AvgIpc) is 2.78. The first-order valence-corrected chi connectivity index (χ1v) is 9.85. The molecule has 0 aromatic heterocycles. The van der Waals surface area contributed by atoms with Crippen LogP contribution in [0.2, 0.25) is 0 Å². The van der Waals surface area contributed by atoms with Gasteiger partial charge < -0.3 is 0 Å². The number of amides is 2. The van der Waals surface area contributed by atoms with E-state index in [-0.39, 0.29) is 35.2 Å². The van der Waals surface area contributed by atoms with Crippen LogP contribution in [0, 0.1) is 11.3 Å². The summed E-state index contributed by atoms with van der Waals surface area (Å²) in [4.78, 5) is 28.8. The predicted molar refractivity (Wildman–Crippen MR) is 102 cm³/mol. The van der Waals surface area contributed by atoms with E-state index in [0.717, 1.165) is 10.1 Å². The zero-order valence-electron chi connectivity index (χ0n) is 16.7. The minimum absolute atomic E-state index is 0.00875. The molecule has 4 nitrogen and oxygen atoms in total. The van der Waals surface area contributed by atoms with Crippen LogP contribution in [0.3, 0.4) is 0 Å². The van der Waals surface area contributed by atoms with Gasteiger partial charge in [0.05, 0.1) is 0 Å². The van der Waals surface area contributed by atoms with E-state index in [4.69, 9.17) is 0 Å². The maximum atomic E-state index is 12.8. The Morgan fingerprint density at radius 3 is 2.31 bits per heavy atom.